The van der Waals surface area contributed by atoms with E-state index in [2.05, 4.69) is 4.89 Å². The van der Waals surface area contributed by atoms with Gasteiger partial charge in [0, 0.05) is 12.2 Å². The molecule has 0 amide bonds. The third-order valence-corrected chi connectivity index (χ3v) is 1.01. The Hall–Kier alpha value is -2.42. The number of aliphatic carboxylic acids is 3. The molecule has 17 heavy (non-hydrogen) atoms. The van der Waals surface area contributed by atoms with Crippen LogP contribution in [0.25, 0.3) is 0 Å². The predicted molar refractivity (Wildman–Crippen MR) is 50.0 cm³/mol. The summed E-state index contributed by atoms with van der Waals surface area (Å²) >= 11 is 0. The third kappa shape index (κ3) is 19.8. The van der Waals surface area contributed by atoms with Gasteiger partial charge in [-0.05, 0) is 0 Å². The van der Waals surface area contributed by atoms with E-state index in [4.69, 9.17) is 20.6 Å². The van der Waals surface area contributed by atoms with Crippen molar-refractivity contribution in [3.8, 4) is 0 Å². The Kier molecular flexibility index (Phi) is 10.1. The second-order valence-corrected chi connectivity index (χ2v) is 2.37. The summed E-state index contributed by atoms with van der Waals surface area (Å²) in [4.78, 5) is 42.0. The van der Waals surface area contributed by atoms with Crippen molar-refractivity contribution in [3.63, 3.8) is 0 Å². The van der Waals surface area contributed by atoms with Crippen LogP contribution in [0.4, 0.5) is 0 Å². The molecule has 96 valence electrons. The van der Waals surface area contributed by atoms with Crippen molar-refractivity contribution >= 4 is 23.9 Å². The summed E-state index contributed by atoms with van der Waals surface area (Å²) in [6.45, 7) is 0. The van der Waals surface area contributed by atoms with E-state index in [0.717, 1.165) is 0 Å². The molecule has 0 aliphatic heterocycles. The minimum atomic E-state index is -1.26. The van der Waals surface area contributed by atoms with Crippen LogP contribution in [0, 0.1) is 0 Å². The van der Waals surface area contributed by atoms with Crippen molar-refractivity contribution in [2.45, 2.75) is 12.8 Å². The highest BCUT2D eigenvalue weighted by Gasteiger charge is 2.04. The molecule has 0 heterocycles. The number of carboxylic acids is 3. The lowest BCUT2D eigenvalue weighted by molar-refractivity contribution is -0.234. The van der Waals surface area contributed by atoms with E-state index in [9.17, 15) is 19.2 Å². The Morgan fingerprint density at radius 3 is 1.53 bits per heavy atom. The van der Waals surface area contributed by atoms with Gasteiger partial charge in [0.15, 0.2) is 0 Å². The lowest BCUT2D eigenvalue weighted by Gasteiger charge is -1.90. The van der Waals surface area contributed by atoms with Crippen LogP contribution >= 0.6 is 0 Å². The zero-order valence-electron chi connectivity index (χ0n) is 8.40. The minimum Gasteiger partial charge on any atom is -0.481 e. The molecule has 0 aromatic heterocycles. The van der Waals surface area contributed by atoms with Gasteiger partial charge in [-0.3, -0.25) is 4.79 Å². The molecular formula is C8H10O9. The van der Waals surface area contributed by atoms with Crippen LogP contribution in [0.3, 0.4) is 0 Å². The molecule has 4 N–H and O–H groups in total. The Balaban J connectivity index is 0. The smallest absolute Gasteiger partial charge is 0.342 e. The highest BCUT2D eigenvalue weighted by Crippen LogP contribution is 1.89. The average Bonchev–Trinajstić information content (AvgIpc) is 2.23. The molecule has 9 nitrogen and oxygen atoms in total. The van der Waals surface area contributed by atoms with E-state index in [-0.39, 0.29) is 12.8 Å². The molecule has 0 atom stereocenters. The van der Waals surface area contributed by atoms with Gasteiger partial charge in [-0.1, -0.05) is 0 Å². The zero-order valence-corrected chi connectivity index (χ0v) is 8.40. The molecule has 0 spiro atoms. The van der Waals surface area contributed by atoms with Crippen LogP contribution in [-0.2, 0) is 24.1 Å². The number of hydrogen-bond donors (Lipinski definition) is 4. The SMILES string of the molecule is O=C(O)/C=C\C(=O)O.O=C(O)CCC(=O)OO. The van der Waals surface area contributed by atoms with Crippen molar-refractivity contribution < 1.29 is 44.6 Å². The van der Waals surface area contributed by atoms with Crippen molar-refractivity contribution in [1.82, 2.24) is 0 Å². The van der Waals surface area contributed by atoms with Gasteiger partial charge in [0.25, 0.3) is 0 Å². The van der Waals surface area contributed by atoms with Crippen LogP contribution in [0.15, 0.2) is 12.2 Å². The topological polar surface area (TPSA) is 158 Å². The Morgan fingerprint density at radius 2 is 1.29 bits per heavy atom. The fourth-order valence-electron chi connectivity index (χ4n) is 0.397. The highest BCUT2D eigenvalue weighted by atomic mass is 17.1. The first-order chi connectivity index (χ1) is 7.79. The molecule has 0 unspecified atom stereocenters. The molecule has 0 saturated carbocycles. The number of hydrogen-bond acceptors (Lipinski definition) is 6. The van der Waals surface area contributed by atoms with Crippen LogP contribution in [0.2, 0.25) is 0 Å². The zero-order chi connectivity index (χ0) is 13.8. The minimum absolute atomic E-state index is 0.300. The summed E-state index contributed by atoms with van der Waals surface area (Å²) in [6, 6.07) is 0. The lowest BCUT2D eigenvalue weighted by Crippen LogP contribution is -2.04. The van der Waals surface area contributed by atoms with E-state index in [1.54, 1.807) is 0 Å². The second-order valence-electron chi connectivity index (χ2n) is 2.37. The summed E-state index contributed by atoms with van der Waals surface area (Å²) in [6.07, 6.45) is 0.496. The van der Waals surface area contributed by atoms with Gasteiger partial charge in [-0.25, -0.2) is 14.4 Å². The molecule has 9 heteroatoms. The molecule has 0 aromatic carbocycles. The van der Waals surface area contributed by atoms with Gasteiger partial charge < -0.3 is 20.2 Å². The number of carboxylic acid groups (broad SMARTS) is 3. The summed E-state index contributed by atoms with van der Waals surface area (Å²) < 4.78 is 0. The van der Waals surface area contributed by atoms with Crippen molar-refractivity contribution in [2.24, 2.45) is 0 Å². The molecule has 0 radical (unpaired) electrons. The maximum atomic E-state index is 9.98. The lowest BCUT2D eigenvalue weighted by atomic mass is 10.3. The normalized spacial score (nSPS) is 9.00. The number of rotatable bonds is 5. The number of carbonyl (C=O) groups excluding carboxylic acids is 1. The molecule has 0 aliphatic carbocycles. The first-order valence-electron chi connectivity index (χ1n) is 3.99. The van der Waals surface area contributed by atoms with Gasteiger partial charge in [0.05, 0.1) is 12.8 Å². The van der Waals surface area contributed by atoms with E-state index in [1.165, 1.54) is 0 Å². The summed E-state index contributed by atoms with van der Waals surface area (Å²) in [5, 5.41) is 31.2. The van der Waals surface area contributed by atoms with Crippen LogP contribution in [0.5, 0.6) is 0 Å². The molecule has 0 saturated heterocycles. The van der Waals surface area contributed by atoms with E-state index < -0.39 is 23.9 Å². The Labute approximate surface area is 94.5 Å². The number of carbonyl (C=O) groups is 4. The van der Waals surface area contributed by atoms with Crippen molar-refractivity contribution in [2.75, 3.05) is 0 Å². The maximum Gasteiger partial charge on any atom is 0.342 e. The Morgan fingerprint density at radius 1 is 0.882 bits per heavy atom. The van der Waals surface area contributed by atoms with Crippen LogP contribution in [0.1, 0.15) is 12.8 Å². The average molecular weight is 250 g/mol. The van der Waals surface area contributed by atoms with Gasteiger partial charge in [-0.2, -0.15) is 5.26 Å². The van der Waals surface area contributed by atoms with Gasteiger partial charge in [0.2, 0.25) is 0 Å². The fourth-order valence-corrected chi connectivity index (χ4v) is 0.397. The van der Waals surface area contributed by atoms with Gasteiger partial charge in [-0.15, -0.1) is 0 Å². The van der Waals surface area contributed by atoms with E-state index >= 15 is 0 Å². The van der Waals surface area contributed by atoms with E-state index in [1.807, 2.05) is 0 Å². The summed E-state index contributed by atoms with van der Waals surface area (Å²) in [7, 11) is 0. The highest BCUT2D eigenvalue weighted by molar-refractivity contribution is 5.89. The van der Waals surface area contributed by atoms with Crippen LogP contribution in [-0.4, -0.2) is 44.5 Å². The molecule has 0 aliphatic rings. The molecule has 0 rings (SSSR count). The van der Waals surface area contributed by atoms with Crippen LogP contribution < -0.4 is 0 Å². The molecule has 0 aromatic rings. The first kappa shape index (κ1) is 17.0. The molecular weight excluding hydrogens is 240 g/mol. The molecule has 0 fully saturated rings. The van der Waals surface area contributed by atoms with E-state index in [0.29, 0.717) is 12.2 Å². The van der Waals surface area contributed by atoms with Crippen molar-refractivity contribution in [1.29, 1.82) is 0 Å². The maximum absolute atomic E-state index is 9.98. The first-order valence-corrected chi connectivity index (χ1v) is 3.99. The van der Waals surface area contributed by atoms with Gasteiger partial charge in [0.1, 0.15) is 0 Å². The fraction of sp³-hybridized carbons (Fsp3) is 0.250. The summed E-state index contributed by atoms with van der Waals surface area (Å²) in [5.74, 6) is -4.54. The quantitative estimate of drug-likeness (QED) is 0.288. The predicted octanol–water partition coefficient (Wildman–Crippen LogP) is -0.421. The van der Waals surface area contributed by atoms with Crippen molar-refractivity contribution in [3.05, 3.63) is 12.2 Å². The third-order valence-electron chi connectivity index (χ3n) is 1.01. The van der Waals surface area contributed by atoms with Gasteiger partial charge >= 0.3 is 23.9 Å². The Bertz CT molecular complexity index is 301. The summed E-state index contributed by atoms with van der Waals surface area (Å²) in [5.41, 5.74) is 0. The molecule has 0 bridgehead atoms. The standard InChI is InChI=1S/C4H6O5.C4H4O4/c5-3(6)1-2-4(7)9-8;5-3(6)1-2-4(7)8/h8H,1-2H2,(H,5,6);1-2H,(H,5,6)(H,7,8)/b;2-1-. The monoisotopic (exact) mass is 250 g/mol. The largest absolute Gasteiger partial charge is 0.481 e. The second kappa shape index (κ2) is 10.1.